The predicted molar refractivity (Wildman–Crippen MR) is 47.4 cm³/mol. The van der Waals surface area contributed by atoms with E-state index in [1.165, 1.54) is 5.57 Å². The van der Waals surface area contributed by atoms with Crippen molar-refractivity contribution in [2.45, 2.75) is 27.2 Å². The van der Waals surface area contributed by atoms with E-state index >= 15 is 0 Å². The van der Waals surface area contributed by atoms with Gasteiger partial charge in [0, 0.05) is 5.70 Å². The second-order valence-electron chi connectivity index (χ2n) is 2.30. The highest BCUT2D eigenvalue weighted by Gasteiger charge is 1.82. The molecule has 0 N–H and O–H groups in total. The molecule has 0 saturated heterocycles. The van der Waals surface area contributed by atoms with Crippen LogP contribution in [0.15, 0.2) is 28.4 Å². The first kappa shape index (κ1) is 9.15. The molecule has 0 fully saturated rings. The molecule has 0 heterocycles. The average Bonchev–Trinajstić information content (AvgIpc) is 1.88. The van der Waals surface area contributed by atoms with E-state index in [9.17, 15) is 0 Å². The second kappa shape index (κ2) is 4.98. The molecule has 0 saturated carbocycles. The zero-order valence-corrected chi connectivity index (χ0v) is 7.02. The average molecular weight is 137 g/mol. The molecule has 0 aliphatic carbocycles. The van der Waals surface area contributed by atoms with Crippen LogP contribution in [0.4, 0.5) is 0 Å². The van der Waals surface area contributed by atoms with Gasteiger partial charge in [0.1, 0.15) is 0 Å². The Hall–Kier alpha value is -0.850. The highest BCUT2D eigenvalue weighted by molar-refractivity contribution is 5.31. The van der Waals surface area contributed by atoms with Crippen LogP contribution >= 0.6 is 0 Å². The fourth-order valence-corrected chi connectivity index (χ4v) is 0.756. The zero-order valence-electron chi connectivity index (χ0n) is 7.02. The van der Waals surface area contributed by atoms with Crippen LogP contribution in [0.5, 0.6) is 0 Å². The quantitative estimate of drug-likeness (QED) is 0.419. The Morgan fingerprint density at radius 2 is 2.10 bits per heavy atom. The van der Waals surface area contributed by atoms with Gasteiger partial charge in [0.05, 0.1) is 0 Å². The van der Waals surface area contributed by atoms with Crippen molar-refractivity contribution >= 4 is 6.72 Å². The molecule has 0 aromatic carbocycles. The van der Waals surface area contributed by atoms with E-state index in [4.69, 9.17) is 0 Å². The molecule has 0 aliphatic heterocycles. The molecular weight excluding hydrogens is 122 g/mol. The summed E-state index contributed by atoms with van der Waals surface area (Å²) in [4.78, 5) is 3.78. The molecule has 56 valence electrons. The lowest BCUT2D eigenvalue weighted by Crippen LogP contribution is -1.71. The molecule has 0 bridgehead atoms. The van der Waals surface area contributed by atoms with E-state index in [-0.39, 0.29) is 0 Å². The summed E-state index contributed by atoms with van der Waals surface area (Å²) in [5, 5.41) is 0. The van der Waals surface area contributed by atoms with E-state index in [1.807, 2.05) is 13.0 Å². The van der Waals surface area contributed by atoms with Gasteiger partial charge in [0.25, 0.3) is 0 Å². The van der Waals surface area contributed by atoms with Crippen LogP contribution in [-0.2, 0) is 0 Å². The summed E-state index contributed by atoms with van der Waals surface area (Å²) >= 11 is 0. The number of hydrogen-bond acceptors (Lipinski definition) is 1. The number of allylic oxidation sites excluding steroid dienone is 4. The fraction of sp³-hybridized carbons (Fsp3) is 0.444. The molecule has 0 rings (SSSR count). The standard InChI is InChI=1S/C9H15N/c1-5-6-8(2)7-9(3)10-4/h6-7H,4-5H2,1-3H3/b8-6-,9-7-. The molecule has 0 spiro atoms. The molecule has 1 heteroatoms. The normalized spacial score (nSPS) is 13.5. The van der Waals surface area contributed by atoms with Gasteiger partial charge in [0.2, 0.25) is 0 Å². The van der Waals surface area contributed by atoms with Crippen LogP contribution < -0.4 is 0 Å². The van der Waals surface area contributed by atoms with Crippen molar-refractivity contribution in [3.63, 3.8) is 0 Å². The third kappa shape index (κ3) is 4.07. The van der Waals surface area contributed by atoms with E-state index in [0.717, 1.165) is 12.1 Å². The maximum Gasteiger partial charge on any atom is 0.0367 e. The largest absolute Gasteiger partial charge is 0.269 e. The zero-order chi connectivity index (χ0) is 7.98. The summed E-state index contributed by atoms with van der Waals surface area (Å²) in [5.74, 6) is 0. The minimum Gasteiger partial charge on any atom is -0.269 e. The minimum atomic E-state index is 0.974. The Kier molecular flexibility index (Phi) is 4.55. The summed E-state index contributed by atoms with van der Waals surface area (Å²) in [7, 11) is 0. The monoisotopic (exact) mass is 137 g/mol. The second-order valence-corrected chi connectivity index (χ2v) is 2.30. The molecule has 10 heavy (non-hydrogen) atoms. The summed E-state index contributed by atoms with van der Waals surface area (Å²) in [5.41, 5.74) is 2.23. The van der Waals surface area contributed by atoms with Crippen LogP contribution in [-0.4, -0.2) is 6.72 Å². The summed E-state index contributed by atoms with van der Waals surface area (Å²) < 4.78 is 0. The maximum atomic E-state index is 3.78. The number of aliphatic imine (C=N–C) groups is 1. The Balaban J connectivity index is 4.11. The van der Waals surface area contributed by atoms with E-state index in [0.29, 0.717) is 0 Å². The van der Waals surface area contributed by atoms with Crippen molar-refractivity contribution in [1.82, 2.24) is 0 Å². The molecule has 0 amide bonds. The number of hydrogen-bond donors (Lipinski definition) is 0. The lowest BCUT2D eigenvalue weighted by atomic mass is 10.2. The Morgan fingerprint density at radius 1 is 1.50 bits per heavy atom. The predicted octanol–water partition coefficient (Wildman–Crippen LogP) is 2.95. The van der Waals surface area contributed by atoms with Crippen molar-refractivity contribution in [3.05, 3.63) is 23.4 Å². The van der Waals surface area contributed by atoms with Crippen LogP contribution in [0.2, 0.25) is 0 Å². The third-order valence-corrected chi connectivity index (χ3v) is 1.21. The fourth-order valence-electron chi connectivity index (χ4n) is 0.756. The highest BCUT2D eigenvalue weighted by Crippen LogP contribution is 2.02. The smallest absolute Gasteiger partial charge is 0.0367 e. The number of nitrogens with zero attached hydrogens (tertiary/aromatic N) is 1. The summed E-state index contributed by atoms with van der Waals surface area (Å²) in [6.45, 7) is 9.56. The van der Waals surface area contributed by atoms with E-state index < -0.39 is 0 Å². The van der Waals surface area contributed by atoms with Gasteiger partial charge >= 0.3 is 0 Å². The van der Waals surface area contributed by atoms with E-state index in [1.54, 1.807) is 0 Å². The molecule has 0 atom stereocenters. The molecular formula is C9H15N. The first-order valence-corrected chi connectivity index (χ1v) is 3.52. The minimum absolute atomic E-state index is 0.974. The van der Waals surface area contributed by atoms with Crippen LogP contribution in [0, 0.1) is 0 Å². The third-order valence-electron chi connectivity index (χ3n) is 1.21. The SMILES string of the molecule is C=N/C(C)=C\C(C)=C/CC. The molecule has 0 unspecified atom stereocenters. The van der Waals surface area contributed by atoms with Crippen molar-refractivity contribution in [1.29, 1.82) is 0 Å². The van der Waals surface area contributed by atoms with Gasteiger partial charge in [-0.05, 0) is 33.1 Å². The lowest BCUT2D eigenvalue weighted by molar-refractivity contribution is 1.19. The van der Waals surface area contributed by atoms with Gasteiger partial charge in [0.15, 0.2) is 0 Å². The molecule has 1 nitrogen and oxygen atoms in total. The molecule has 0 aliphatic rings. The highest BCUT2D eigenvalue weighted by atomic mass is 14.7. The molecule has 0 aromatic rings. The van der Waals surface area contributed by atoms with Crippen LogP contribution in [0.3, 0.4) is 0 Å². The molecule has 0 radical (unpaired) electrons. The van der Waals surface area contributed by atoms with E-state index in [2.05, 4.69) is 31.6 Å². The Labute approximate surface area is 63.2 Å². The Morgan fingerprint density at radius 3 is 2.50 bits per heavy atom. The van der Waals surface area contributed by atoms with Crippen molar-refractivity contribution in [2.24, 2.45) is 4.99 Å². The van der Waals surface area contributed by atoms with Gasteiger partial charge in [-0.25, -0.2) is 0 Å². The van der Waals surface area contributed by atoms with Crippen LogP contribution in [0.1, 0.15) is 27.2 Å². The summed E-state index contributed by atoms with van der Waals surface area (Å²) in [6.07, 6.45) is 5.26. The van der Waals surface area contributed by atoms with Crippen molar-refractivity contribution < 1.29 is 0 Å². The van der Waals surface area contributed by atoms with Gasteiger partial charge in [-0.15, -0.1) is 0 Å². The van der Waals surface area contributed by atoms with Gasteiger partial charge < -0.3 is 0 Å². The topological polar surface area (TPSA) is 12.4 Å². The first-order chi connectivity index (χ1) is 4.70. The number of rotatable bonds is 3. The molecule has 0 aromatic heterocycles. The van der Waals surface area contributed by atoms with Crippen molar-refractivity contribution in [2.75, 3.05) is 0 Å². The van der Waals surface area contributed by atoms with Gasteiger partial charge in [-0.1, -0.05) is 18.6 Å². The Bertz CT molecular complexity index is 164. The first-order valence-electron chi connectivity index (χ1n) is 3.52. The van der Waals surface area contributed by atoms with Gasteiger partial charge in [-0.3, -0.25) is 4.99 Å². The lowest BCUT2D eigenvalue weighted by Gasteiger charge is -1.91. The van der Waals surface area contributed by atoms with Crippen LogP contribution in [0.25, 0.3) is 0 Å². The summed E-state index contributed by atoms with van der Waals surface area (Å²) in [6, 6.07) is 0. The van der Waals surface area contributed by atoms with Gasteiger partial charge in [-0.2, -0.15) is 0 Å². The van der Waals surface area contributed by atoms with Crippen molar-refractivity contribution in [3.8, 4) is 0 Å². The maximum absolute atomic E-state index is 3.78.